The van der Waals surface area contributed by atoms with Crippen molar-refractivity contribution >= 4 is 16.7 Å². The number of para-hydroxylation sites is 1. The average Bonchev–Trinajstić information content (AvgIpc) is 2.86. The van der Waals surface area contributed by atoms with Gasteiger partial charge < -0.3 is 0 Å². The summed E-state index contributed by atoms with van der Waals surface area (Å²) in [5.41, 5.74) is 3.55. The largest absolute Gasteiger partial charge is 0.294 e. The third-order valence-corrected chi connectivity index (χ3v) is 3.68. The number of aromatic nitrogens is 3. The zero-order chi connectivity index (χ0) is 14.8. The first-order valence-electron chi connectivity index (χ1n) is 7.09. The van der Waals surface area contributed by atoms with Gasteiger partial charge in [-0.15, -0.1) is 0 Å². The summed E-state index contributed by atoms with van der Waals surface area (Å²) in [5.74, 6) is 0.0846. The van der Waals surface area contributed by atoms with E-state index >= 15 is 0 Å². The van der Waals surface area contributed by atoms with E-state index in [1.54, 1.807) is 18.5 Å². The van der Waals surface area contributed by atoms with Crippen LogP contribution in [0.25, 0.3) is 10.9 Å². The number of benzene rings is 1. The number of pyridine rings is 1. The van der Waals surface area contributed by atoms with E-state index in [0.29, 0.717) is 6.42 Å². The number of rotatable bonds is 4. The van der Waals surface area contributed by atoms with E-state index in [9.17, 15) is 4.79 Å². The Kier molecular flexibility index (Phi) is 3.52. The highest BCUT2D eigenvalue weighted by molar-refractivity contribution is 6.00. The highest BCUT2D eigenvalue weighted by atomic mass is 16.1. The van der Waals surface area contributed by atoms with Crippen molar-refractivity contribution in [1.82, 2.24) is 14.8 Å². The number of fused-ring (bicyclic) bond motifs is 1. The van der Waals surface area contributed by atoms with Gasteiger partial charge in [0.2, 0.25) is 0 Å². The summed E-state index contributed by atoms with van der Waals surface area (Å²) in [7, 11) is 0. The molecule has 0 aliphatic rings. The molecule has 0 radical (unpaired) electrons. The summed E-state index contributed by atoms with van der Waals surface area (Å²) < 4.78 is 1.94. The standard InChI is InChI=1S/C17H17N3O/c1-3-20-16-7-5-4-6-14(16)15(19-20)10-17(21)13-8-9-18-11-12(13)2/h4-9,11H,3,10H2,1-2H3. The molecule has 0 unspecified atom stereocenters. The lowest BCUT2D eigenvalue weighted by molar-refractivity contribution is 0.0991. The molecule has 0 saturated carbocycles. The van der Waals surface area contributed by atoms with Gasteiger partial charge in [0.25, 0.3) is 0 Å². The molecule has 4 nitrogen and oxygen atoms in total. The SMILES string of the molecule is CCn1nc(CC(=O)c2ccncc2C)c2ccccc21. The summed E-state index contributed by atoms with van der Waals surface area (Å²) >= 11 is 0. The Morgan fingerprint density at radius 1 is 1.24 bits per heavy atom. The van der Waals surface area contributed by atoms with Crippen LogP contribution in [0.1, 0.15) is 28.5 Å². The Balaban J connectivity index is 1.99. The second-order valence-corrected chi connectivity index (χ2v) is 5.07. The van der Waals surface area contributed by atoms with Crippen LogP contribution in [-0.2, 0) is 13.0 Å². The monoisotopic (exact) mass is 279 g/mol. The maximum atomic E-state index is 12.5. The highest BCUT2D eigenvalue weighted by Crippen LogP contribution is 2.20. The van der Waals surface area contributed by atoms with Gasteiger partial charge in [0, 0.05) is 29.9 Å². The van der Waals surface area contributed by atoms with E-state index in [0.717, 1.165) is 34.3 Å². The minimum Gasteiger partial charge on any atom is -0.294 e. The summed E-state index contributed by atoms with van der Waals surface area (Å²) in [6.45, 7) is 4.75. The number of aryl methyl sites for hydroxylation is 2. The van der Waals surface area contributed by atoms with Gasteiger partial charge in [-0.05, 0) is 31.5 Å². The smallest absolute Gasteiger partial charge is 0.169 e. The molecule has 0 atom stereocenters. The summed E-state index contributed by atoms with van der Waals surface area (Å²) in [5, 5.41) is 5.64. The predicted octanol–water partition coefficient (Wildman–Crippen LogP) is 3.19. The molecule has 3 rings (SSSR count). The number of carbonyl (C=O) groups is 1. The molecule has 0 spiro atoms. The third-order valence-electron chi connectivity index (χ3n) is 3.68. The number of hydrogen-bond acceptors (Lipinski definition) is 3. The van der Waals surface area contributed by atoms with Crippen LogP contribution in [0.4, 0.5) is 0 Å². The fraction of sp³-hybridized carbons (Fsp3) is 0.235. The van der Waals surface area contributed by atoms with Crippen LogP contribution in [0, 0.1) is 6.92 Å². The normalized spacial score (nSPS) is 11.0. The van der Waals surface area contributed by atoms with Crippen molar-refractivity contribution in [2.75, 3.05) is 0 Å². The molecule has 3 aromatic rings. The van der Waals surface area contributed by atoms with Gasteiger partial charge >= 0.3 is 0 Å². The Hall–Kier alpha value is -2.49. The molecule has 0 N–H and O–H groups in total. The maximum Gasteiger partial charge on any atom is 0.169 e. The van der Waals surface area contributed by atoms with E-state index in [-0.39, 0.29) is 5.78 Å². The fourth-order valence-corrected chi connectivity index (χ4v) is 2.60. The predicted molar refractivity (Wildman–Crippen MR) is 82.4 cm³/mol. The molecule has 0 bridgehead atoms. The molecule has 106 valence electrons. The van der Waals surface area contributed by atoms with Crippen molar-refractivity contribution in [1.29, 1.82) is 0 Å². The van der Waals surface area contributed by atoms with Gasteiger partial charge in [-0.2, -0.15) is 5.10 Å². The number of nitrogens with zero attached hydrogens (tertiary/aromatic N) is 3. The van der Waals surface area contributed by atoms with Crippen molar-refractivity contribution < 1.29 is 4.79 Å². The van der Waals surface area contributed by atoms with Crippen molar-refractivity contribution in [3.63, 3.8) is 0 Å². The summed E-state index contributed by atoms with van der Waals surface area (Å²) in [6.07, 6.45) is 3.69. The second-order valence-electron chi connectivity index (χ2n) is 5.07. The first-order chi connectivity index (χ1) is 10.2. The van der Waals surface area contributed by atoms with E-state index in [1.807, 2.05) is 35.9 Å². The van der Waals surface area contributed by atoms with Crippen molar-refractivity contribution in [2.24, 2.45) is 0 Å². The molecule has 0 saturated heterocycles. The zero-order valence-electron chi connectivity index (χ0n) is 12.2. The first kappa shape index (κ1) is 13.5. The van der Waals surface area contributed by atoms with Crippen LogP contribution in [0.3, 0.4) is 0 Å². The van der Waals surface area contributed by atoms with Crippen molar-refractivity contribution in [2.45, 2.75) is 26.8 Å². The third kappa shape index (κ3) is 2.44. The van der Waals surface area contributed by atoms with Gasteiger partial charge in [0.05, 0.1) is 17.6 Å². The van der Waals surface area contributed by atoms with E-state index in [1.165, 1.54) is 0 Å². The van der Waals surface area contributed by atoms with Gasteiger partial charge in [-0.3, -0.25) is 14.5 Å². The van der Waals surface area contributed by atoms with Crippen LogP contribution < -0.4 is 0 Å². The molecule has 0 aliphatic carbocycles. The molecule has 1 aromatic carbocycles. The van der Waals surface area contributed by atoms with Crippen molar-refractivity contribution in [3.05, 3.63) is 59.5 Å². The van der Waals surface area contributed by atoms with E-state index < -0.39 is 0 Å². The number of carbonyl (C=O) groups excluding carboxylic acids is 1. The first-order valence-corrected chi connectivity index (χ1v) is 7.09. The average molecular weight is 279 g/mol. The van der Waals surface area contributed by atoms with Gasteiger partial charge in [-0.25, -0.2) is 0 Å². The maximum absolute atomic E-state index is 12.5. The van der Waals surface area contributed by atoms with Crippen LogP contribution in [0.15, 0.2) is 42.7 Å². The van der Waals surface area contributed by atoms with Gasteiger partial charge in [0.15, 0.2) is 5.78 Å². The van der Waals surface area contributed by atoms with Gasteiger partial charge in [-0.1, -0.05) is 18.2 Å². The highest BCUT2D eigenvalue weighted by Gasteiger charge is 2.15. The van der Waals surface area contributed by atoms with Crippen LogP contribution in [0.2, 0.25) is 0 Å². The van der Waals surface area contributed by atoms with Gasteiger partial charge in [0.1, 0.15) is 0 Å². The quantitative estimate of drug-likeness (QED) is 0.689. The number of Topliss-reactive ketones (excluding diaryl/α,β-unsaturated/α-hetero) is 1. The minimum atomic E-state index is 0.0846. The molecular formula is C17H17N3O. The lowest BCUT2D eigenvalue weighted by atomic mass is 10.0. The summed E-state index contributed by atoms with van der Waals surface area (Å²) in [6, 6.07) is 9.81. The lowest BCUT2D eigenvalue weighted by Crippen LogP contribution is -2.07. The molecule has 0 aliphatic heterocycles. The van der Waals surface area contributed by atoms with Crippen LogP contribution in [-0.4, -0.2) is 20.5 Å². The molecular weight excluding hydrogens is 262 g/mol. The van der Waals surface area contributed by atoms with Crippen LogP contribution in [0.5, 0.6) is 0 Å². The molecule has 0 fully saturated rings. The topological polar surface area (TPSA) is 47.8 Å². The molecule has 2 aromatic heterocycles. The minimum absolute atomic E-state index is 0.0846. The van der Waals surface area contributed by atoms with E-state index in [4.69, 9.17) is 0 Å². The Morgan fingerprint density at radius 2 is 2.05 bits per heavy atom. The molecule has 0 amide bonds. The molecule has 4 heteroatoms. The zero-order valence-corrected chi connectivity index (χ0v) is 12.2. The second kappa shape index (κ2) is 5.48. The molecule has 2 heterocycles. The fourth-order valence-electron chi connectivity index (χ4n) is 2.60. The summed E-state index contributed by atoms with van der Waals surface area (Å²) in [4.78, 5) is 16.5. The number of hydrogen-bond donors (Lipinski definition) is 0. The Labute approximate surface area is 123 Å². The van der Waals surface area contributed by atoms with Crippen LogP contribution >= 0.6 is 0 Å². The van der Waals surface area contributed by atoms with Crippen molar-refractivity contribution in [3.8, 4) is 0 Å². The Bertz CT molecular complexity index is 805. The Morgan fingerprint density at radius 3 is 2.81 bits per heavy atom. The van der Waals surface area contributed by atoms with E-state index in [2.05, 4.69) is 17.0 Å². The number of ketones is 1. The lowest BCUT2D eigenvalue weighted by Gasteiger charge is -2.02. The molecule has 21 heavy (non-hydrogen) atoms.